The lowest BCUT2D eigenvalue weighted by atomic mass is 10.0. The third kappa shape index (κ3) is 15.4. The SMILES string of the molecule is CCCCCCCCCCCCCCCCCC[n+]1ccn(Cc2ccccc2)c1CCCCCCC. The average molecular weight is 510 g/mol. The molecule has 0 bridgehead atoms. The van der Waals surface area contributed by atoms with Crippen LogP contribution in [0.15, 0.2) is 42.7 Å². The Labute approximate surface area is 231 Å². The molecular weight excluding hydrogens is 448 g/mol. The van der Waals surface area contributed by atoms with Crippen LogP contribution in [0.25, 0.3) is 0 Å². The number of nitrogens with zero attached hydrogens (tertiary/aromatic N) is 2. The van der Waals surface area contributed by atoms with Gasteiger partial charge in [0.05, 0.1) is 6.54 Å². The number of rotatable bonds is 25. The van der Waals surface area contributed by atoms with Crippen molar-refractivity contribution in [2.45, 2.75) is 168 Å². The fraction of sp³-hybridized carbons (Fsp3) is 0.743. The summed E-state index contributed by atoms with van der Waals surface area (Å²) in [4.78, 5) is 0. The molecule has 0 aliphatic heterocycles. The van der Waals surface area contributed by atoms with E-state index in [2.05, 4.69) is 65.7 Å². The van der Waals surface area contributed by atoms with Crippen LogP contribution in [0.5, 0.6) is 0 Å². The Hall–Kier alpha value is -1.57. The number of aromatic nitrogens is 2. The number of benzene rings is 1. The monoisotopic (exact) mass is 509 g/mol. The quantitative estimate of drug-likeness (QED) is 0.0929. The first-order valence-corrected chi connectivity index (χ1v) is 16.5. The molecule has 37 heavy (non-hydrogen) atoms. The second-order valence-electron chi connectivity index (χ2n) is 11.5. The van der Waals surface area contributed by atoms with Crippen molar-refractivity contribution < 1.29 is 4.57 Å². The highest BCUT2D eigenvalue weighted by Gasteiger charge is 2.17. The Morgan fingerprint density at radius 2 is 1.00 bits per heavy atom. The van der Waals surface area contributed by atoms with Gasteiger partial charge >= 0.3 is 0 Å². The lowest BCUT2D eigenvalue weighted by Gasteiger charge is -2.07. The van der Waals surface area contributed by atoms with Crippen LogP contribution in [0.4, 0.5) is 0 Å². The third-order valence-corrected chi connectivity index (χ3v) is 8.04. The van der Waals surface area contributed by atoms with Gasteiger partial charge in [0.25, 0.3) is 5.82 Å². The molecule has 2 heteroatoms. The fourth-order valence-electron chi connectivity index (χ4n) is 5.63. The summed E-state index contributed by atoms with van der Waals surface area (Å²) in [7, 11) is 0. The van der Waals surface area contributed by atoms with Crippen LogP contribution in [-0.2, 0) is 19.5 Å². The molecule has 0 atom stereocenters. The van der Waals surface area contributed by atoms with Gasteiger partial charge in [-0.05, 0) is 24.8 Å². The molecule has 0 aliphatic rings. The minimum atomic E-state index is 0.997. The normalized spacial score (nSPS) is 11.4. The first kappa shape index (κ1) is 31.6. The highest BCUT2D eigenvalue weighted by atomic mass is 15.1. The highest BCUT2D eigenvalue weighted by Crippen LogP contribution is 2.14. The molecule has 0 amide bonds. The standard InChI is InChI=1S/C35H61N2/c1-3-5-7-9-10-11-12-13-14-15-16-17-18-19-21-26-30-36-31-32-37(33-34-27-23-22-24-28-34)35(36)29-25-20-8-6-4-2/h22-24,27-28,31-32H,3-21,25-26,29-30,33H2,1-2H3/q+1. The van der Waals surface area contributed by atoms with E-state index in [1.165, 1.54) is 159 Å². The van der Waals surface area contributed by atoms with Crippen LogP contribution < -0.4 is 4.57 Å². The molecule has 0 unspecified atom stereocenters. The Bertz CT molecular complexity index is 748. The van der Waals surface area contributed by atoms with E-state index in [-0.39, 0.29) is 0 Å². The molecule has 0 N–H and O–H groups in total. The molecule has 0 saturated carbocycles. The fourth-order valence-corrected chi connectivity index (χ4v) is 5.63. The molecule has 1 aromatic carbocycles. The molecule has 0 fully saturated rings. The van der Waals surface area contributed by atoms with Crippen LogP contribution in [0.1, 0.15) is 160 Å². The van der Waals surface area contributed by atoms with E-state index < -0.39 is 0 Å². The van der Waals surface area contributed by atoms with Crippen LogP contribution in [-0.4, -0.2) is 4.57 Å². The molecular formula is C35H61N2+. The van der Waals surface area contributed by atoms with Crippen molar-refractivity contribution in [2.75, 3.05) is 0 Å². The van der Waals surface area contributed by atoms with Gasteiger partial charge in [0.2, 0.25) is 0 Å². The summed E-state index contributed by atoms with van der Waals surface area (Å²) in [6, 6.07) is 10.9. The molecule has 1 aromatic heterocycles. The summed E-state index contributed by atoms with van der Waals surface area (Å²) < 4.78 is 5.06. The average Bonchev–Trinajstić information content (AvgIpc) is 3.29. The van der Waals surface area contributed by atoms with E-state index in [4.69, 9.17) is 0 Å². The maximum Gasteiger partial charge on any atom is 0.256 e. The van der Waals surface area contributed by atoms with Crippen molar-refractivity contribution in [3.8, 4) is 0 Å². The number of unbranched alkanes of at least 4 members (excludes halogenated alkanes) is 19. The first-order chi connectivity index (χ1) is 18.3. The van der Waals surface area contributed by atoms with Gasteiger partial charge in [-0.3, -0.25) is 0 Å². The topological polar surface area (TPSA) is 8.81 Å². The summed E-state index contributed by atoms with van der Waals surface area (Å²) in [5, 5.41) is 0. The van der Waals surface area contributed by atoms with Crippen molar-refractivity contribution in [3.63, 3.8) is 0 Å². The molecule has 1 heterocycles. The van der Waals surface area contributed by atoms with Crippen LogP contribution >= 0.6 is 0 Å². The first-order valence-electron chi connectivity index (χ1n) is 16.5. The van der Waals surface area contributed by atoms with Gasteiger partial charge < -0.3 is 0 Å². The van der Waals surface area contributed by atoms with E-state index >= 15 is 0 Å². The Morgan fingerprint density at radius 3 is 1.51 bits per heavy atom. The maximum absolute atomic E-state index is 2.56. The van der Waals surface area contributed by atoms with Crippen molar-refractivity contribution in [3.05, 3.63) is 54.1 Å². The summed E-state index contributed by atoms with van der Waals surface area (Å²) >= 11 is 0. The maximum atomic E-state index is 2.56. The number of hydrogen-bond acceptors (Lipinski definition) is 0. The smallest absolute Gasteiger partial charge is 0.234 e. The van der Waals surface area contributed by atoms with Crippen molar-refractivity contribution in [1.29, 1.82) is 0 Å². The van der Waals surface area contributed by atoms with Gasteiger partial charge in [-0.15, -0.1) is 0 Å². The van der Waals surface area contributed by atoms with Crippen LogP contribution in [0, 0.1) is 0 Å². The van der Waals surface area contributed by atoms with Gasteiger partial charge in [0.1, 0.15) is 18.9 Å². The summed E-state index contributed by atoms with van der Waals surface area (Å²) in [6.45, 7) is 6.79. The Kier molecular flexibility index (Phi) is 19.2. The lowest BCUT2D eigenvalue weighted by Crippen LogP contribution is -2.37. The molecule has 2 aromatic rings. The molecule has 2 rings (SSSR count). The Balaban J connectivity index is 1.57. The van der Waals surface area contributed by atoms with E-state index in [1.807, 2.05) is 0 Å². The molecule has 0 spiro atoms. The number of hydrogen-bond donors (Lipinski definition) is 0. The molecule has 2 nitrogen and oxygen atoms in total. The van der Waals surface area contributed by atoms with Crippen molar-refractivity contribution >= 4 is 0 Å². The zero-order chi connectivity index (χ0) is 26.2. The van der Waals surface area contributed by atoms with Gasteiger partial charge in [-0.2, -0.15) is 0 Å². The summed E-state index contributed by atoms with van der Waals surface area (Å²) in [6.07, 6.45) is 35.6. The number of aryl methyl sites for hydroxylation is 1. The zero-order valence-electron chi connectivity index (χ0n) is 24.9. The van der Waals surface area contributed by atoms with Gasteiger partial charge in [-0.1, -0.05) is 160 Å². The van der Waals surface area contributed by atoms with Crippen LogP contribution in [0.3, 0.4) is 0 Å². The second-order valence-corrected chi connectivity index (χ2v) is 11.5. The van der Waals surface area contributed by atoms with E-state index in [0.29, 0.717) is 0 Å². The molecule has 210 valence electrons. The van der Waals surface area contributed by atoms with E-state index in [9.17, 15) is 0 Å². The minimum Gasteiger partial charge on any atom is -0.234 e. The van der Waals surface area contributed by atoms with E-state index in [1.54, 1.807) is 0 Å². The predicted molar refractivity (Wildman–Crippen MR) is 162 cm³/mol. The molecule has 0 saturated heterocycles. The van der Waals surface area contributed by atoms with Gasteiger partial charge in [-0.25, -0.2) is 9.13 Å². The lowest BCUT2D eigenvalue weighted by molar-refractivity contribution is -0.704. The third-order valence-electron chi connectivity index (χ3n) is 8.04. The zero-order valence-corrected chi connectivity index (χ0v) is 24.9. The van der Waals surface area contributed by atoms with E-state index in [0.717, 1.165) is 6.54 Å². The van der Waals surface area contributed by atoms with Gasteiger partial charge in [0, 0.05) is 6.42 Å². The number of imidazole rings is 1. The van der Waals surface area contributed by atoms with Crippen LogP contribution in [0.2, 0.25) is 0 Å². The summed E-state index contributed by atoms with van der Waals surface area (Å²) in [5.74, 6) is 1.53. The molecule has 0 aliphatic carbocycles. The largest absolute Gasteiger partial charge is 0.256 e. The summed E-state index contributed by atoms with van der Waals surface area (Å²) in [5.41, 5.74) is 1.40. The van der Waals surface area contributed by atoms with Crippen molar-refractivity contribution in [2.24, 2.45) is 0 Å². The predicted octanol–water partition coefficient (Wildman–Crippen LogP) is 10.6. The Morgan fingerprint density at radius 1 is 0.541 bits per heavy atom. The highest BCUT2D eigenvalue weighted by molar-refractivity contribution is 5.15. The minimum absolute atomic E-state index is 0.997. The van der Waals surface area contributed by atoms with Crippen molar-refractivity contribution in [1.82, 2.24) is 4.57 Å². The van der Waals surface area contributed by atoms with Gasteiger partial charge in [0.15, 0.2) is 0 Å². The molecule has 0 radical (unpaired) electrons. The second kappa shape index (κ2) is 22.4.